The highest BCUT2D eigenvalue weighted by Gasteiger charge is 2.12. The number of thiazole rings is 1. The molecule has 0 aromatic carbocycles. The number of aromatic amines is 1. The Hall–Kier alpha value is -2.51. The fourth-order valence-electron chi connectivity index (χ4n) is 1.97. The van der Waals surface area contributed by atoms with E-state index in [1.807, 2.05) is 19.1 Å². The average Bonchev–Trinajstić information content (AvgIpc) is 3.13. The lowest BCUT2D eigenvalue weighted by Gasteiger charge is -2.00. The molecule has 116 valence electrons. The number of nitrogens with one attached hydrogen (secondary N) is 2. The molecule has 0 saturated carbocycles. The third-order valence-corrected chi connectivity index (χ3v) is 4.17. The molecule has 0 atom stereocenters. The number of aromatic nitrogens is 4. The second-order valence-corrected chi connectivity index (χ2v) is 6.33. The fraction of sp³-hybridized carbons (Fsp3) is 0.0667. The molecule has 3 aromatic heterocycles. The molecule has 0 spiro atoms. The Morgan fingerprint density at radius 2 is 2.17 bits per heavy atom. The molecule has 0 unspecified atom stereocenters. The minimum Gasteiger partial charge on any atom is -0.305 e. The first kappa shape index (κ1) is 15.4. The Kier molecular flexibility index (Phi) is 4.50. The zero-order valence-electron chi connectivity index (χ0n) is 12.1. The van der Waals surface area contributed by atoms with Gasteiger partial charge in [-0.25, -0.2) is 4.98 Å². The normalized spacial score (nSPS) is 11.0. The molecule has 0 radical (unpaired) electrons. The number of hydrogen-bond donors (Lipinski definition) is 2. The Morgan fingerprint density at radius 1 is 1.39 bits per heavy atom. The molecule has 3 aromatic rings. The minimum absolute atomic E-state index is 0.285. The lowest BCUT2D eigenvalue weighted by atomic mass is 10.1. The summed E-state index contributed by atoms with van der Waals surface area (Å²) in [7, 11) is 0. The number of carbonyl (C=O) groups is 1. The standard InChI is InChI=1S/C15H12ClN5OS/c1-9-14(10-4-6-17-7-5-10)20-21-15(9)19-12(22)2-3-13-18-8-11(16)23-13/h2-8H,1H3,(H2,19,20,21,22). The van der Waals surface area contributed by atoms with Crippen LogP contribution in [-0.4, -0.2) is 26.1 Å². The van der Waals surface area contributed by atoms with E-state index in [1.54, 1.807) is 24.7 Å². The van der Waals surface area contributed by atoms with Crippen LogP contribution in [0.4, 0.5) is 5.82 Å². The molecule has 0 bridgehead atoms. The van der Waals surface area contributed by atoms with Crippen molar-refractivity contribution < 1.29 is 4.79 Å². The van der Waals surface area contributed by atoms with Gasteiger partial charge in [0, 0.05) is 29.6 Å². The molecule has 8 heteroatoms. The van der Waals surface area contributed by atoms with Crippen LogP contribution in [-0.2, 0) is 4.79 Å². The van der Waals surface area contributed by atoms with Gasteiger partial charge in [0.2, 0.25) is 5.91 Å². The molecule has 0 aliphatic carbocycles. The van der Waals surface area contributed by atoms with Crippen molar-refractivity contribution in [3.8, 4) is 11.3 Å². The van der Waals surface area contributed by atoms with E-state index in [0.717, 1.165) is 16.8 Å². The zero-order chi connectivity index (χ0) is 16.2. The highest BCUT2D eigenvalue weighted by atomic mass is 35.5. The van der Waals surface area contributed by atoms with E-state index in [9.17, 15) is 4.79 Å². The smallest absolute Gasteiger partial charge is 0.249 e. The van der Waals surface area contributed by atoms with Gasteiger partial charge in [-0.3, -0.25) is 14.9 Å². The summed E-state index contributed by atoms with van der Waals surface area (Å²) in [6.07, 6.45) is 7.96. The van der Waals surface area contributed by atoms with Gasteiger partial charge in [-0.05, 0) is 25.1 Å². The molecule has 0 saturated heterocycles. The van der Waals surface area contributed by atoms with Gasteiger partial charge in [0.1, 0.15) is 9.34 Å². The van der Waals surface area contributed by atoms with Crippen LogP contribution < -0.4 is 5.32 Å². The van der Waals surface area contributed by atoms with Crippen molar-refractivity contribution in [2.45, 2.75) is 6.92 Å². The highest BCUT2D eigenvalue weighted by molar-refractivity contribution is 7.16. The maximum Gasteiger partial charge on any atom is 0.249 e. The number of hydrogen-bond acceptors (Lipinski definition) is 5. The summed E-state index contributed by atoms with van der Waals surface area (Å²) >= 11 is 7.09. The largest absolute Gasteiger partial charge is 0.305 e. The van der Waals surface area contributed by atoms with E-state index in [0.29, 0.717) is 15.2 Å². The Labute approximate surface area is 141 Å². The highest BCUT2D eigenvalue weighted by Crippen LogP contribution is 2.25. The Balaban J connectivity index is 1.72. The topological polar surface area (TPSA) is 83.6 Å². The summed E-state index contributed by atoms with van der Waals surface area (Å²) in [5, 5.41) is 10.5. The first-order valence-corrected chi connectivity index (χ1v) is 7.88. The molecular weight excluding hydrogens is 334 g/mol. The van der Waals surface area contributed by atoms with E-state index in [2.05, 4.69) is 25.5 Å². The molecule has 6 nitrogen and oxygen atoms in total. The molecule has 2 N–H and O–H groups in total. The van der Waals surface area contributed by atoms with Crippen molar-refractivity contribution in [1.82, 2.24) is 20.2 Å². The third-order valence-electron chi connectivity index (χ3n) is 3.09. The molecule has 0 aliphatic heterocycles. The van der Waals surface area contributed by atoms with Gasteiger partial charge in [-0.2, -0.15) is 5.10 Å². The lowest BCUT2D eigenvalue weighted by molar-refractivity contribution is -0.111. The number of rotatable bonds is 4. The van der Waals surface area contributed by atoms with Crippen LogP contribution in [0.25, 0.3) is 17.3 Å². The van der Waals surface area contributed by atoms with E-state index < -0.39 is 0 Å². The van der Waals surface area contributed by atoms with Gasteiger partial charge in [-0.1, -0.05) is 11.6 Å². The fourth-order valence-corrected chi connectivity index (χ4v) is 2.80. The molecule has 0 fully saturated rings. The van der Waals surface area contributed by atoms with Crippen LogP contribution in [0.2, 0.25) is 4.34 Å². The van der Waals surface area contributed by atoms with Crippen molar-refractivity contribution in [3.05, 3.63) is 51.7 Å². The van der Waals surface area contributed by atoms with Crippen molar-refractivity contribution in [2.75, 3.05) is 5.32 Å². The number of carbonyl (C=O) groups excluding carboxylic acids is 1. The predicted molar refractivity (Wildman–Crippen MR) is 91.3 cm³/mol. The number of pyridine rings is 1. The van der Waals surface area contributed by atoms with Crippen LogP contribution in [0.1, 0.15) is 10.6 Å². The second-order valence-electron chi connectivity index (χ2n) is 4.63. The van der Waals surface area contributed by atoms with Gasteiger partial charge in [0.25, 0.3) is 0 Å². The Morgan fingerprint density at radius 3 is 2.87 bits per heavy atom. The summed E-state index contributed by atoms with van der Waals surface area (Å²) in [6.45, 7) is 1.89. The molecule has 0 aliphatic rings. The van der Waals surface area contributed by atoms with Crippen LogP contribution in [0, 0.1) is 6.92 Å². The maximum absolute atomic E-state index is 12.0. The van der Waals surface area contributed by atoms with Crippen LogP contribution in [0.3, 0.4) is 0 Å². The van der Waals surface area contributed by atoms with E-state index in [1.165, 1.54) is 17.4 Å². The minimum atomic E-state index is -0.285. The second kappa shape index (κ2) is 6.72. The van der Waals surface area contributed by atoms with Gasteiger partial charge in [-0.15, -0.1) is 11.3 Å². The summed E-state index contributed by atoms with van der Waals surface area (Å²) in [6, 6.07) is 3.75. The number of H-pyrrole nitrogens is 1. The van der Waals surface area contributed by atoms with Crippen LogP contribution >= 0.6 is 22.9 Å². The molecule has 3 heterocycles. The molecule has 23 heavy (non-hydrogen) atoms. The first-order chi connectivity index (χ1) is 11.1. The van der Waals surface area contributed by atoms with Crippen LogP contribution in [0.5, 0.6) is 0 Å². The van der Waals surface area contributed by atoms with Crippen LogP contribution in [0.15, 0.2) is 36.8 Å². The van der Waals surface area contributed by atoms with Crippen molar-refractivity contribution >= 4 is 40.7 Å². The quantitative estimate of drug-likeness (QED) is 0.708. The Bertz CT molecular complexity index is 856. The van der Waals surface area contributed by atoms with Gasteiger partial charge < -0.3 is 5.32 Å². The lowest BCUT2D eigenvalue weighted by Crippen LogP contribution is -2.09. The molecular formula is C15H12ClN5OS. The summed E-state index contributed by atoms with van der Waals surface area (Å²) < 4.78 is 0.579. The van der Waals surface area contributed by atoms with Crippen molar-refractivity contribution in [1.29, 1.82) is 0 Å². The maximum atomic E-state index is 12.0. The van der Waals surface area contributed by atoms with E-state index in [4.69, 9.17) is 11.6 Å². The third kappa shape index (κ3) is 3.64. The average molecular weight is 346 g/mol. The van der Waals surface area contributed by atoms with Gasteiger partial charge in [0.05, 0.1) is 11.9 Å². The number of halogens is 1. The number of nitrogens with zero attached hydrogens (tertiary/aromatic N) is 3. The molecule has 1 amide bonds. The number of anilines is 1. The SMILES string of the molecule is Cc1c(NC(=O)C=Cc2ncc(Cl)s2)n[nH]c1-c1ccncc1. The monoisotopic (exact) mass is 345 g/mol. The van der Waals surface area contributed by atoms with Gasteiger partial charge in [0.15, 0.2) is 5.82 Å². The van der Waals surface area contributed by atoms with E-state index in [-0.39, 0.29) is 5.91 Å². The summed E-state index contributed by atoms with van der Waals surface area (Å²) in [4.78, 5) is 20.0. The molecule has 3 rings (SSSR count). The predicted octanol–water partition coefficient (Wildman–Crippen LogP) is 3.54. The first-order valence-electron chi connectivity index (χ1n) is 6.69. The van der Waals surface area contributed by atoms with Gasteiger partial charge >= 0.3 is 0 Å². The van der Waals surface area contributed by atoms with Crippen molar-refractivity contribution in [2.24, 2.45) is 0 Å². The zero-order valence-corrected chi connectivity index (χ0v) is 13.6. The summed E-state index contributed by atoms with van der Waals surface area (Å²) in [5.74, 6) is 0.204. The number of amides is 1. The van der Waals surface area contributed by atoms with E-state index >= 15 is 0 Å². The van der Waals surface area contributed by atoms with Crippen molar-refractivity contribution in [3.63, 3.8) is 0 Å². The summed E-state index contributed by atoms with van der Waals surface area (Å²) in [5.41, 5.74) is 2.66.